The standard InChI is InChI=1S/C28H25NO5/c1-17-10-22(33-16-18-6-5-7-20(11-18)31-3)14-25-27(17)28(30)26(34-25)12-19-15-29(2)24-9-8-21(32-4)13-23(19)24/h5-15H,16H2,1-4H3/b26-12-. The highest BCUT2D eigenvalue weighted by Crippen LogP contribution is 2.38. The molecule has 0 unspecified atom stereocenters. The molecule has 34 heavy (non-hydrogen) atoms. The van der Waals surface area contributed by atoms with Gasteiger partial charge in [0.15, 0.2) is 5.76 Å². The first-order valence-corrected chi connectivity index (χ1v) is 10.9. The van der Waals surface area contributed by atoms with E-state index in [9.17, 15) is 4.79 Å². The Morgan fingerprint density at radius 1 is 0.971 bits per heavy atom. The Hall–Kier alpha value is -4.19. The van der Waals surface area contributed by atoms with Gasteiger partial charge < -0.3 is 23.5 Å². The summed E-state index contributed by atoms with van der Waals surface area (Å²) in [5, 5.41) is 0.987. The number of nitrogens with zero attached hydrogens (tertiary/aromatic N) is 1. The molecule has 0 bridgehead atoms. The molecule has 0 radical (unpaired) electrons. The number of benzene rings is 3. The second kappa shape index (κ2) is 8.63. The summed E-state index contributed by atoms with van der Waals surface area (Å²) in [6, 6.07) is 17.2. The lowest BCUT2D eigenvalue weighted by Gasteiger charge is -2.10. The van der Waals surface area contributed by atoms with Crippen molar-refractivity contribution in [2.45, 2.75) is 13.5 Å². The monoisotopic (exact) mass is 455 g/mol. The van der Waals surface area contributed by atoms with Gasteiger partial charge in [-0.15, -0.1) is 0 Å². The molecule has 1 aliphatic rings. The lowest BCUT2D eigenvalue weighted by molar-refractivity contribution is 0.101. The van der Waals surface area contributed by atoms with Crippen LogP contribution in [0.15, 0.2) is 66.6 Å². The SMILES string of the molecule is COc1cccc(COc2cc(C)c3c(c2)O/C(=C\c2cn(C)c4ccc(OC)cc24)C3=O)c1. The van der Waals surface area contributed by atoms with Gasteiger partial charge in [0.2, 0.25) is 5.78 Å². The second-order valence-corrected chi connectivity index (χ2v) is 8.27. The van der Waals surface area contributed by atoms with Crippen LogP contribution >= 0.6 is 0 Å². The van der Waals surface area contributed by atoms with Crippen LogP contribution in [-0.2, 0) is 13.7 Å². The van der Waals surface area contributed by atoms with Crippen molar-refractivity contribution in [1.82, 2.24) is 4.57 Å². The topological polar surface area (TPSA) is 58.9 Å². The minimum Gasteiger partial charge on any atom is -0.497 e. The number of allylic oxidation sites excluding steroid dienone is 1. The Kier molecular flexibility index (Phi) is 5.49. The zero-order valence-electron chi connectivity index (χ0n) is 19.5. The third kappa shape index (κ3) is 3.88. The van der Waals surface area contributed by atoms with Crippen molar-refractivity contribution >= 4 is 22.8 Å². The van der Waals surface area contributed by atoms with Gasteiger partial charge in [0, 0.05) is 35.8 Å². The number of hydrogen-bond acceptors (Lipinski definition) is 5. The predicted molar refractivity (Wildman–Crippen MR) is 131 cm³/mol. The second-order valence-electron chi connectivity index (χ2n) is 8.27. The number of aryl methyl sites for hydroxylation is 2. The molecule has 3 aromatic carbocycles. The quantitative estimate of drug-likeness (QED) is 0.349. The smallest absolute Gasteiger partial charge is 0.232 e. The summed E-state index contributed by atoms with van der Waals surface area (Å²) in [6.45, 7) is 2.27. The molecule has 0 atom stereocenters. The highest BCUT2D eigenvalue weighted by atomic mass is 16.5. The van der Waals surface area contributed by atoms with E-state index in [1.165, 1.54) is 0 Å². The van der Waals surface area contributed by atoms with Crippen LogP contribution in [0.4, 0.5) is 0 Å². The van der Waals surface area contributed by atoms with E-state index >= 15 is 0 Å². The number of carbonyl (C=O) groups is 1. The summed E-state index contributed by atoms with van der Waals surface area (Å²) in [5.74, 6) is 2.85. The third-order valence-electron chi connectivity index (χ3n) is 6.00. The van der Waals surface area contributed by atoms with Crippen LogP contribution in [0.25, 0.3) is 17.0 Å². The number of ketones is 1. The average Bonchev–Trinajstić information content (AvgIpc) is 3.33. The van der Waals surface area contributed by atoms with Gasteiger partial charge in [0.05, 0.1) is 19.8 Å². The fraction of sp³-hybridized carbons (Fsp3) is 0.179. The zero-order chi connectivity index (χ0) is 23.8. The molecule has 0 fully saturated rings. The maximum absolute atomic E-state index is 13.2. The van der Waals surface area contributed by atoms with Crippen molar-refractivity contribution in [3.8, 4) is 23.0 Å². The molecule has 0 aliphatic carbocycles. The van der Waals surface area contributed by atoms with Gasteiger partial charge in [-0.05, 0) is 60.5 Å². The molecule has 1 aromatic heterocycles. The maximum atomic E-state index is 13.2. The fourth-order valence-corrected chi connectivity index (χ4v) is 4.27. The average molecular weight is 456 g/mol. The molecule has 6 heteroatoms. The number of aromatic nitrogens is 1. The van der Waals surface area contributed by atoms with Gasteiger partial charge >= 0.3 is 0 Å². The van der Waals surface area contributed by atoms with E-state index in [1.54, 1.807) is 26.4 Å². The van der Waals surface area contributed by atoms with Gasteiger partial charge in [0.25, 0.3) is 0 Å². The zero-order valence-corrected chi connectivity index (χ0v) is 19.5. The summed E-state index contributed by atoms with van der Waals surface area (Å²) < 4.78 is 24.7. The fourth-order valence-electron chi connectivity index (χ4n) is 4.27. The summed E-state index contributed by atoms with van der Waals surface area (Å²) >= 11 is 0. The van der Waals surface area contributed by atoms with Crippen molar-refractivity contribution in [3.63, 3.8) is 0 Å². The number of fused-ring (bicyclic) bond motifs is 2. The Bertz CT molecular complexity index is 1450. The van der Waals surface area contributed by atoms with Gasteiger partial charge in [-0.1, -0.05) is 12.1 Å². The summed E-state index contributed by atoms with van der Waals surface area (Å²) in [7, 11) is 5.25. The highest BCUT2D eigenvalue weighted by Gasteiger charge is 2.30. The Labute approximate surface area is 197 Å². The van der Waals surface area contributed by atoms with Crippen LogP contribution in [0, 0.1) is 6.92 Å². The lowest BCUT2D eigenvalue weighted by atomic mass is 10.0. The van der Waals surface area contributed by atoms with E-state index in [0.29, 0.717) is 29.4 Å². The number of Topliss-reactive ketones (excluding diaryl/α,β-unsaturated/α-hetero) is 1. The minimum absolute atomic E-state index is 0.133. The molecule has 0 amide bonds. The molecular formula is C28H25NO5. The predicted octanol–water partition coefficient (Wildman–Crippen LogP) is 5.70. The van der Waals surface area contributed by atoms with E-state index < -0.39 is 0 Å². The Balaban J connectivity index is 1.43. The molecule has 172 valence electrons. The Morgan fingerprint density at radius 3 is 2.56 bits per heavy atom. The maximum Gasteiger partial charge on any atom is 0.232 e. The van der Waals surface area contributed by atoms with E-state index in [0.717, 1.165) is 39.1 Å². The molecule has 0 saturated heterocycles. The van der Waals surface area contributed by atoms with E-state index in [-0.39, 0.29) is 5.78 Å². The van der Waals surface area contributed by atoms with E-state index in [2.05, 4.69) is 0 Å². The number of carbonyl (C=O) groups excluding carboxylic acids is 1. The normalized spacial score (nSPS) is 13.8. The minimum atomic E-state index is -0.133. The van der Waals surface area contributed by atoms with Gasteiger partial charge in [-0.25, -0.2) is 0 Å². The highest BCUT2D eigenvalue weighted by molar-refractivity contribution is 6.16. The first-order valence-electron chi connectivity index (χ1n) is 10.9. The molecule has 5 rings (SSSR count). The van der Waals surface area contributed by atoms with Crippen molar-refractivity contribution < 1.29 is 23.7 Å². The van der Waals surface area contributed by atoms with Crippen LogP contribution in [0.1, 0.15) is 27.0 Å². The van der Waals surface area contributed by atoms with Crippen molar-refractivity contribution in [2.75, 3.05) is 14.2 Å². The molecule has 4 aromatic rings. The van der Waals surface area contributed by atoms with E-state index in [1.807, 2.05) is 73.3 Å². The van der Waals surface area contributed by atoms with Crippen LogP contribution in [0.5, 0.6) is 23.0 Å². The molecule has 6 nitrogen and oxygen atoms in total. The molecule has 0 N–H and O–H groups in total. The van der Waals surface area contributed by atoms with Gasteiger partial charge in [-0.3, -0.25) is 4.79 Å². The number of methoxy groups -OCH3 is 2. The number of rotatable bonds is 6. The largest absolute Gasteiger partial charge is 0.497 e. The summed E-state index contributed by atoms with van der Waals surface area (Å²) in [5.41, 5.74) is 4.30. The first-order chi connectivity index (χ1) is 16.5. The molecule has 0 spiro atoms. The van der Waals surface area contributed by atoms with Crippen LogP contribution < -0.4 is 18.9 Å². The summed E-state index contributed by atoms with van der Waals surface area (Å²) in [4.78, 5) is 13.2. The van der Waals surface area contributed by atoms with Crippen LogP contribution in [-0.4, -0.2) is 24.6 Å². The van der Waals surface area contributed by atoms with Gasteiger partial charge in [0.1, 0.15) is 29.6 Å². The molecular weight excluding hydrogens is 430 g/mol. The van der Waals surface area contributed by atoms with Crippen molar-refractivity contribution in [1.29, 1.82) is 0 Å². The third-order valence-corrected chi connectivity index (χ3v) is 6.00. The molecule has 2 heterocycles. The van der Waals surface area contributed by atoms with E-state index in [4.69, 9.17) is 18.9 Å². The lowest BCUT2D eigenvalue weighted by Crippen LogP contribution is -2.00. The Morgan fingerprint density at radius 2 is 1.76 bits per heavy atom. The summed E-state index contributed by atoms with van der Waals surface area (Å²) in [6.07, 6.45) is 3.77. The molecule has 1 aliphatic heterocycles. The molecule has 0 saturated carbocycles. The van der Waals surface area contributed by atoms with Crippen molar-refractivity contribution in [3.05, 3.63) is 88.8 Å². The number of hydrogen-bond donors (Lipinski definition) is 0. The van der Waals surface area contributed by atoms with Gasteiger partial charge in [-0.2, -0.15) is 0 Å². The van der Waals surface area contributed by atoms with Crippen LogP contribution in [0.2, 0.25) is 0 Å². The number of ether oxygens (including phenoxy) is 4. The van der Waals surface area contributed by atoms with Crippen LogP contribution in [0.3, 0.4) is 0 Å². The van der Waals surface area contributed by atoms with Crippen molar-refractivity contribution in [2.24, 2.45) is 7.05 Å². The first kappa shape index (κ1) is 21.6.